The number of methoxy groups -OCH3 is 1. The third kappa shape index (κ3) is 7.36. The van der Waals surface area contributed by atoms with Crippen LogP contribution in [0.3, 0.4) is 0 Å². The van der Waals surface area contributed by atoms with Crippen LogP contribution in [0.15, 0.2) is 54.6 Å². The first-order valence-corrected chi connectivity index (χ1v) is 17.0. The number of benzene rings is 2. The smallest absolute Gasteiger partial charge is 0.355 e. The number of amides is 2. The minimum absolute atomic E-state index is 0.206. The number of non-ortho nitro benzene ring substituents is 1. The van der Waals surface area contributed by atoms with E-state index in [4.69, 9.17) is 9.47 Å². The van der Waals surface area contributed by atoms with Crippen LogP contribution in [-0.4, -0.2) is 94.1 Å². The number of ether oxygens (including phenoxy) is 2. The highest BCUT2D eigenvalue weighted by Crippen LogP contribution is 2.56. The van der Waals surface area contributed by atoms with Gasteiger partial charge < -0.3 is 19.7 Å². The van der Waals surface area contributed by atoms with Crippen LogP contribution in [0, 0.1) is 10.1 Å². The van der Waals surface area contributed by atoms with Crippen LogP contribution in [0.25, 0.3) is 0 Å². The quantitative estimate of drug-likeness (QED) is 0.110. The number of thioether (sulfide) groups is 1. The molecule has 2 N–H and O–H groups in total. The van der Waals surface area contributed by atoms with Crippen molar-refractivity contribution in [3.8, 4) is 0 Å². The fourth-order valence-electron chi connectivity index (χ4n) is 5.38. The van der Waals surface area contributed by atoms with Crippen molar-refractivity contribution in [3.05, 3.63) is 75.8 Å². The Morgan fingerprint density at radius 1 is 1.09 bits per heavy atom. The zero-order chi connectivity index (χ0) is 34.4. The minimum atomic E-state index is -5.15. The SMILES string of the molecule is CCN(CC)CC.CO[C@@H]1C(=O)N2[C@@H]1SC(C)(C)[C@]2(NC(=O)C(c1ccc([N+](=O)[O-])cc1)S(=O)(=O)O)C(=O)OCc1ccccc1. The monoisotopic (exact) mass is 680 g/mol. The van der Waals surface area contributed by atoms with E-state index >= 15 is 0 Å². The fraction of sp³-hybridized carbons (Fsp3) is 0.500. The van der Waals surface area contributed by atoms with Crippen LogP contribution >= 0.6 is 11.8 Å². The van der Waals surface area contributed by atoms with Crippen molar-refractivity contribution in [3.63, 3.8) is 0 Å². The van der Waals surface area contributed by atoms with E-state index in [1.165, 1.54) is 26.7 Å². The number of esters is 1. The first-order chi connectivity index (χ1) is 21.6. The largest absolute Gasteiger partial charge is 0.458 e. The zero-order valence-electron chi connectivity index (χ0n) is 26.5. The van der Waals surface area contributed by atoms with Crippen molar-refractivity contribution in [2.75, 3.05) is 26.7 Å². The molecular weight excluding hydrogens is 640 g/mol. The molecule has 2 aliphatic rings. The van der Waals surface area contributed by atoms with E-state index in [9.17, 15) is 37.5 Å². The zero-order valence-corrected chi connectivity index (χ0v) is 28.2. The van der Waals surface area contributed by atoms with Gasteiger partial charge in [-0.25, -0.2) is 4.79 Å². The van der Waals surface area contributed by atoms with Crippen molar-refractivity contribution in [1.82, 2.24) is 15.1 Å². The van der Waals surface area contributed by atoms with E-state index in [0.717, 1.165) is 40.9 Å². The fourth-order valence-corrected chi connectivity index (χ4v) is 7.94. The summed E-state index contributed by atoms with van der Waals surface area (Å²) in [5, 5.41) is 10.4. The van der Waals surface area contributed by atoms with E-state index in [-0.39, 0.29) is 17.9 Å². The molecule has 0 radical (unpaired) electrons. The molecule has 0 saturated carbocycles. The number of nitro benzene ring substituents is 1. The average Bonchev–Trinajstić information content (AvgIpc) is 3.21. The standard InChI is InChI=1S/C24H25N3O10S2.C6H15N/c1-23(2)24(26-20(29)17(36-3)21(26)38-23,22(30)37-13-14-7-5-4-6-8-14)25-19(28)18(39(33,34)35)15-9-11-16(12-10-15)27(31)32;1-4-7(5-2)6-3/h4-12,17-18,21H,13H2,1-3H3,(H,25,28)(H,33,34,35);4-6H2,1-3H3/t17-,18?,21-,24+;/m1./s1. The lowest BCUT2D eigenvalue weighted by Gasteiger charge is -2.49. The molecule has 0 bridgehead atoms. The van der Waals surface area contributed by atoms with Gasteiger partial charge in [0, 0.05) is 19.2 Å². The summed E-state index contributed by atoms with van der Waals surface area (Å²) < 4.78 is 44.3. The van der Waals surface area contributed by atoms with Crippen molar-refractivity contribution in [1.29, 1.82) is 0 Å². The highest BCUT2D eigenvalue weighted by Gasteiger charge is 2.74. The van der Waals surface area contributed by atoms with Gasteiger partial charge in [0.1, 0.15) is 12.0 Å². The van der Waals surface area contributed by atoms with E-state index in [2.05, 4.69) is 31.0 Å². The molecule has 0 aliphatic carbocycles. The predicted octanol–water partition coefficient (Wildman–Crippen LogP) is 3.14. The van der Waals surface area contributed by atoms with Crippen molar-refractivity contribution in [2.24, 2.45) is 0 Å². The topological polar surface area (TPSA) is 186 Å². The minimum Gasteiger partial charge on any atom is -0.458 e. The van der Waals surface area contributed by atoms with Gasteiger partial charge in [-0.1, -0.05) is 63.2 Å². The summed E-state index contributed by atoms with van der Waals surface area (Å²) in [5.74, 6) is -3.00. The molecule has 16 heteroatoms. The van der Waals surface area contributed by atoms with Crippen LogP contribution < -0.4 is 5.32 Å². The molecule has 2 aromatic carbocycles. The second kappa shape index (κ2) is 14.9. The van der Waals surface area contributed by atoms with Crippen LogP contribution in [0.1, 0.15) is 51.0 Å². The van der Waals surface area contributed by atoms with E-state index < -0.39 is 60.0 Å². The van der Waals surface area contributed by atoms with Gasteiger partial charge in [0.15, 0.2) is 11.4 Å². The van der Waals surface area contributed by atoms with Crippen LogP contribution in [0.4, 0.5) is 5.69 Å². The van der Waals surface area contributed by atoms with Crippen molar-refractivity contribution >= 4 is 45.4 Å². The first kappa shape index (κ1) is 36.9. The van der Waals surface area contributed by atoms with Gasteiger partial charge in [-0.05, 0) is 44.6 Å². The number of nitro groups is 1. The summed E-state index contributed by atoms with van der Waals surface area (Å²) in [6.45, 7) is 13.1. The van der Waals surface area contributed by atoms with E-state index in [0.29, 0.717) is 5.56 Å². The van der Waals surface area contributed by atoms with Gasteiger partial charge >= 0.3 is 5.97 Å². The van der Waals surface area contributed by atoms with Gasteiger partial charge in [0.2, 0.25) is 11.6 Å². The molecule has 0 spiro atoms. The Hall–Kier alpha value is -3.57. The summed E-state index contributed by atoms with van der Waals surface area (Å²) in [7, 11) is -3.83. The highest BCUT2D eigenvalue weighted by molar-refractivity contribution is 8.01. The maximum Gasteiger partial charge on any atom is 0.355 e. The number of carbonyl (C=O) groups excluding carboxylic acids is 3. The second-order valence-corrected chi connectivity index (χ2v) is 14.2. The first-order valence-electron chi connectivity index (χ1n) is 14.6. The molecule has 2 amide bonds. The van der Waals surface area contributed by atoms with Crippen molar-refractivity contribution in [2.45, 2.75) is 68.4 Å². The molecule has 4 rings (SSSR count). The lowest BCUT2D eigenvalue weighted by Crippen LogP contribution is -2.79. The average molecular weight is 681 g/mol. The molecule has 0 aromatic heterocycles. The lowest BCUT2D eigenvalue weighted by molar-refractivity contribution is -0.384. The van der Waals surface area contributed by atoms with Gasteiger partial charge in [0.25, 0.3) is 21.7 Å². The molecule has 2 aliphatic heterocycles. The lowest BCUT2D eigenvalue weighted by atomic mass is 9.88. The number of carbonyl (C=O) groups is 3. The Bertz CT molecular complexity index is 1510. The number of nitrogens with zero attached hydrogens (tertiary/aromatic N) is 3. The Kier molecular flexibility index (Phi) is 11.9. The molecule has 252 valence electrons. The molecule has 2 fully saturated rings. The van der Waals surface area contributed by atoms with E-state index in [1.54, 1.807) is 44.2 Å². The summed E-state index contributed by atoms with van der Waals surface area (Å²) in [5.41, 5.74) is -2.23. The maximum atomic E-state index is 13.8. The Morgan fingerprint density at radius 3 is 2.11 bits per heavy atom. The van der Waals surface area contributed by atoms with Gasteiger partial charge in [0.05, 0.1) is 9.67 Å². The third-order valence-electron chi connectivity index (χ3n) is 7.99. The molecule has 4 atom stereocenters. The second-order valence-electron chi connectivity index (χ2n) is 11.0. The molecule has 1 unspecified atom stereocenters. The third-order valence-corrected chi connectivity index (χ3v) is 10.7. The molecule has 2 aromatic rings. The summed E-state index contributed by atoms with van der Waals surface area (Å²) >= 11 is 1.15. The Morgan fingerprint density at radius 2 is 1.65 bits per heavy atom. The van der Waals surface area contributed by atoms with Gasteiger partial charge in [-0.2, -0.15) is 8.42 Å². The number of β-lactam (4-membered cyclic amide) rings is 1. The summed E-state index contributed by atoms with van der Waals surface area (Å²) in [6, 6.07) is 12.6. The highest BCUT2D eigenvalue weighted by atomic mass is 32.2. The normalized spacial score (nSPS) is 22.2. The number of nitrogens with one attached hydrogen (secondary N) is 1. The molecule has 46 heavy (non-hydrogen) atoms. The molecule has 14 nitrogen and oxygen atoms in total. The summed E-state index contributed by atoms with van der Waals surface area (Å²) in [4.78, 5) is 54.2. The van der Waals surface area contributed by atoms with Gasteiger partial charge in [-0.15, -0.1) is 11.8 Å². The summed E-state index contributed by atoms with van der Waals surface area (Å²) in [6.07, 6.45) is -0.915. The van der Waals surface area contributed by atoms with Crippen molar-refractivity contribution < 1.29 is 41.8 Å². The number of fused-ring (bicyclic) bond motifs is 1. The molecular formula is C30H40N4O10S2. The van der Waals surface area contributed by atoms with Gasteiger partial charge in [-0.3, -0.25) is 29.2 Å². The predicted molar refractivity (Wildman–Crippen MR) is 171 cm³/mol. The van der Waals surface area contributed by atoms with E-state index in [1.807, 2.05) is 0 Å². The number of hydrogen-bond acceptors (Lipinski definition) is 11. The number of hydrogen-bond donors (Lipinski definition) is 2. The van der Waals surface area contributed by atoms with Crippen LogP contribution in [-0.2, 0) is 40.6 Å². The Labute approximate surface area is 272 Å². The Balaban J connectivity index is 0.000000738. The molecule has 2 heterocycles. The van der Waals surface area contributed by atoms with Crippen LogP contribution in [0.5, 0.6) is 0 Å². The van der Waals surface area contributed by atoms with Crippen LogP contribution in [0.2, 0.25) is 0 Å². The number of rotatable bonds is 12. The maximum absolute atomic E-state index is 13.8. The molecule has 2 saturated heterocycles.